The Kier molecular flexibility index (Phi) is 8.22. The minimum absolute atomic E-state index is 0.000483. The molecule has 0 aromatic rings. The van der Waals surface area contributed by atoms with Gasteiger partial charge in [0.1, 0.15) is 0 Å². The second kappa shape index (κ2) is 9.72. The fourth-order valence-electron chi connectivity index (χ4n) is 2.42. The van der Waals surface area contributed by atoms with E-state index in [1.165, 1.54) is 0 Å². The van der Waals surface area contributed by atoms with Crippen molar-refractivity contribution in [2.75, 3.05) is 39.3 Å². The monoisotopic (exact) mass is 285 g/mol. The fourth-order valence-corrected chi connectivity index (χ4v) is 2.42. The second-order valence-corrected chi connectivity index (χ2v) is 5.37. The van der Waals surface area contributed by atoms with Crippen molar-refractivity contribution in [3.8, 4) is 0 Å². The van der Waals surface area contributed by atoms with Crippen LogP contribution in [0.4, 0.5) is 0 Å². The lowest BCUT2D eigenvalue weighted by Crippen LogP contribution is -2.43. The van der Waals surface area contributed by atoms with Crippen LogP contribution in [0.15, 0.2) is 0 Å². The first-order valence-corrected chi connectivity index (χ1v) is 7.53. The van der Waals surface area contributed by atoms with Crippen LogP contribution in [0.5, 0.6) is 0 Å². The number of likely N-dealkylation sites (tertiary alicyclic amines) is 1. The van der Waals surface area contributed by atoms with E-state index in [2.05, 4.69) is 22.5 Å². The van der Waals surface area contributed by atoms with Gasteiger partial charge in [-0.25, -0.2) is 0 Å². The van der Waals surface area contributed by atoms with Crippen molar-refractivity contribution in [3.05, 3.63) is 0 Å². The Hall–Kier alpha value is -1.14. The van der Waals surface area contributed by atoms with E-state index in [4.69, 9.17) is 5.11 Å². The molecule has 1 aliphatic rings. The molecule has 1 saturated heterocycles. The fraction of sp³-hybridized carbons (Fsp3) is 0.857. The minimum atomic E-state index is -0.818. The Morgan fingerprint density at radius 3 is 2.60 bits per heavy atom. The molecule has 1 heterocycles. The van der Waals surface area contributed by atoms with Crippen LogP contribution in [-0.4, -0.2) is 61.2 Å². The highest BCUT2D eigenvalue weighted by molar-refractivity contribution is 5.78. The molecule has 1 rings (SSSR count). The minimum Gasteiger partial charge on any atom is -0.481 e. The topological polar surface area (TPSA) is 81.7 Å². The normalized spacial score (nSPS) is 17.1. The zero-order chi connectivity index (χ0) is 14.8. The van der Waals surface area contributed by atoms with E-state index < -0.39 is 5.97 Å². The molecule has 0 saturated carbocycles. The number of carboxylic acids is 1. The smallest absolute Gasteiger partial charge is 0.303 e. The molecule has 1 fully saturated rings. The van der Waals surface area contributed by atoms with Crippen molar-refractivity contribution < 1.29 is 14.7 Å². The Labute approximate surface area is 120 Å². The number of piperidine rings is 1. The van der Waals surface area contributed by atoms with E-state index in [0.717, 1.165) is 44.9 Å². The van der Waals surface area contributed by atoms with E-state index in [-0.39, 0.29) is 12.3 Å². The Morgan fingerprint density at radius 2 is 2.00 bits per heavy atom. The lowest BCUT2D eigenvalue weighted by atomic mass is 9.97. The van der Waals surface area contributed by atoms with Crippen molar-refractivity contribution in [1.82, 2.24) is 15.5 Å². The zero-order valence-electron chi connectivity index (χ0n) is 12.4. The number of carbonyl (C=O) groups excluding carboxylic acids is 1. The summed E-state index contributed by atoms with van der Waals surface area (Å²) in [5, 5.41) is 14.6. The molecule has 0 radical (unpaired) electrons. The predicted octanol–water partition coefficient (Wildman–Crippen LogP) is 0.289. The van der Waals surface area contributed by atoms with Gasteiger partial charge in [-0.3, -0.25) is 14.5 Å². The Balaban J connectivity index is 2.07. The predicted molar refractivity (Wildman–Crippen MR) is 77.6 cm³/mol. The van der Waals surface area contributed by atoms with Crippen molar-refractivity contribution in [3.63, 3.8) is 0 Å². The first-order chi connectivity index (χ1) is 9.61. The highest BCUT2D eigenvalue weighted by atomic mass is 16.4. The molecule has 0 aliphatic carbocycles. The number of amides is 1. The lowest BCUT2D eigenvalue weighted by Gasteiger charge is -2.31. The van der Waals surface area contributed by atoms with Crippen molar-refractivity contribution >= 4 is 11.9 Å². The average Bonchev–Trinajstić information content (AvgIpc) is 2.43. The molecule has 0 bridgehead atoms. The summed E-state index contributed by atoms with van der Waals surface area (Å²) >= 11 is 0. The summed E-state index contributed by atoms with van der Waals surface area (Å²) in [6, 6.07) is 0. The van der Waals surface area contributed by atoms with Gasteiger partial charge in [-0.15, -0.1) is 0 Å². The molecule has 0 aromatic carbocycles. The van der Waals surface area contributed by atoms with Crippen LogP contribution in [0.2, 0.25) is 0 Å². The Bertz CT molecular complexity index is 302. The third-order valence-electron chi connectivity index (χ3n) is 3.65. The van der Waals surface area contributed by atoms with E-state index in [1.807, 2.05) is 0 Å². The lowest BCUT2D eigenvalue weighted by molar-refractivity contribution is -0.137. The average molecular weight is 285 g/mol. The molecule has 0 spiro atoms. The van der Waals surface area contributed by atoms with Gasteiger partial charge < -0.3 is 15.7 Å². The van der Waals surface area contributed by atoms with Gasteiger partial charge >= 0.3 is 5.97 Å². The molecule has 0 unspecified atom stereocenters. The van der Waals surface area contributed by atoms with E-state index in [1.54, 1.807) is 0 Å². The number of hydrogen-bond donors (Lipinski definition) is 3. The molecule has 0 atom stereocenters. The van der Waals surface area contributed by atoms with Gasteiger partial charge in [-0.05, 0) is 51.4 Å². The quantitative estimate of drug-likeness (QED) is 0.530. The summed E-state index contributed by atoms with van der Waals surface area (Å²) < 4.78 is 0. The standard InChI is InChI=1S/C14H27N3O3/c1-2-15-10-12-5-8-17(9-6-12)11-13(18)16-7-3-4-14(19)20/h12,15H,2-11H2,1H3,(H,16,18)(H,19,20). The van der Waals surface area contributed by atoms with Crippen molar-refractivity contribution in [2.24, 2.45) is 5.92 Å². The van der Waals surface area contributed by atoms with Crippen LogP contribution in [0.25, 0.3) is 0 Å². The molecular formula is C14H27N3O3. The van der Waals surface area contributed by atoms with Crippen molar-refractivity contribution in [2.45, 2.75) is 32.6 Å². The molecule has 6 heteroatoms. The first kappa shape index (κ1) is 16.9. The summed E-state index contributed by atoms with van der Waals surface area (Å²) in [4.78, 5) is 24.2. The zero-order valence-corrected chi connectivity index (χ0v) is 12.4. The van der Waals surface area contributed by atoms with Gasteiger partial charge in [0, 0.05) is 13.0 Å². The van der Waals surface area contributed by atoms with Gasteiger partial charge in [0.05, 0.1) is 6.54 Å². The second-order valence-electron chi connectivity index (χ2n) is 5.37. The summed E-state index contributed by atoms with van der Waals surface area (Å²) in [6.07, 6.45) is 2.88. The highest BCUT2D eigenvalue weighted by Gasteiger charge is 2.20. The number of rotatable bonds is 9. The molecule has 116 valence electrons. The van der Waals surface area contributed by atoms with Crippen LogP contribution in [0.3, 0.4) is 0 Å². The largest absolute Gasteiger partial charge is 0.481 e. The van der Waals surface area contributed by atoms with Crippen molar-refractivity contribution in [1.29, 1.82) is 0 Å². The van der Waals surface area contributed by atoms with E-state index >= 15 is 0 Å². The van der Waals surface area contributed by atoms with Gasteiger partial charge in [0.15, 0.2) is 0 Å². The third kappa shape index (κ3) is 7.45. The van der Waals surface area contributed by atoms with Crippen LogP contribution < -0.4 is 10.6 Å². The molecule has 1 aliphatic heterocycles. The summed E-state index contributed by atoms with van der Waals surface area (Å²) in [5.41, 5.74) is 0. The van der Waals surface area contributed by atoms with Crippen LogP contribution >= 0.6 is 0 Å². The number of aliphatic carboxylic acids is 1. The molecule has 20 heavy (non-hydrogen) atoms. The van der Waals surface area contributed by atoms with Crippen LogP contribution in [0.1, 0.15) is 32.6 Å². The summed E-state index contributed by atoms with van der Waals surface area (Å²) in [5.74, 6) is -0.0904. The third-order valence-corrected chi connectivity index (χ3v) is 3.65. The van der Waals surface area contributed by atoms with Gasteiger partial charge in [0.25, 0.3) is 0 Å². The molecule has 1 amide bonds. The van der Waals surface area contributed by atoms with Crippen LogP contribution in [0, 0.1) is 5.92 Å². The maximum Gasteiger partial charge on any atom is 0.303 e. The van der Waals surface area contributed by atoms with Gasteiger partial charge in [-0.1, -0.05) is 6.92 Å². The number of nitrogens with zero attached hydrogens (tertiary/aromatic N) is 1. The molecule has 0 aromatic heterocycles. The molecule has 3 N–H and O–H groups in total. The maximum atomic E-state index is 11.7. The molecular weight excluding hydrogens is 258 g/mol. The maximum absolute atomic E-state index is 11.7. The van der Waals surface area contributed by atoms with Crippen LogP contribution in [-0.2, 0) is 9.59 Å². The number of nitrogens with one attached hydrogen (secondary N) is 2. The number of carbonyl (C=O) groups is 2. The van der Waals surface area contributed by atoms with E-state index in [0.29, 0.717) is 19.5 Å². The highest BCUT2D eigenvalue weighted by Crippen LogP contribution is 2.15. The summed E-state index contributed by atoms with van der Waals surface area (Å²) in [6.45, 7) is 7.02. The van der Waals surface area contributed by atoms with E-state index in [9.17, 15) is 9.59 Å². The van der Waals surface area contributed by atoms with Gasteiger partial charge in [-0.2, -0.15) is 0 Å². The Morgan fingerprint density at radius 1 is 1.30 bits per heavy atom. The molecule has 6 nitrogen and oxygen atoms in total. The first-order valence-electron chi connectivity index (χ1n) is 7.53. The van der Waals surface area contributed by atoms with Gasteiger partial charge in [0.2, 0.25) is 5.91 Å². The summed E-state index contributed by atoms with van der Waals surface area (Å²) in [7, 11) is 0. The SMILES string of the molecule is CCNCC1CCN(CC(=O)NCCCC(=O)O)CC1. The number of carboxylic acid groups (broad SMARTS) is 1. The number of hydrogen-bond acceptors (Lipinski definition) is 4.